The molecule has 6 heteroatoms. The third-order valence-electron chi connectivity index (χ3n) is 3.24. The van der Waals surface area contributed by atoms with Gasteiger partial charge >= 0.3 is 0 Å². The highest BCUT2D eigenvalue weighted by Gasteiger charge is 2.20. The molecular formula is C14H15N3O2S. The van der Waals surface area contributed by atoms with Crippen LogP contribution < -0.4 is 5.32 Å². The summed E-state index contributed by atoms with van der Waals surface area (Å²) in [6.45, 7) is 0.648. The number of hydrogen-bond donors (Lipinski definition) is 1. The van der Waals surface area contributed by atoms with E-state index in [0.717, 1.165) is 11.3 Å². The molecule has 0 aliphatic carbocycles. The zero-order valence-electron chi connectivity index (χ0n) is 10.8. The largest absolute Gasteiger partial charge is 0.306 e. The third kappa shape index (κ3) is 2.97. The Morgan fingerprint density at radius 2 is 2.10 bits per heavy atom. The van der Waals surface area contributed by atoms with Gasteiger partial charge < -0.3 is 9.88 Å². The van der Waals surface area contributed by atoms with Crippen molar-refractivity contribution in [1.29, 1.82) is 0 Å². The van der Waals surface area contributed by atoms with Crippen molar-refractivity contribution >= 4 is 9.84 Å². The van der Waals surface area contributed by atoms with E-state index in [1.807, 2.05) is 35.0 Å². The lowest BCUT2D eigenvalue weighted by Gasteiger charge is -2.10. The van der Waals surface area contributed by atoms with Crippen LogP contribution in [0.3, 0.4) is 0 Å². The number of nitrogens with one attached hydrogen (secondary N) is 1. The van der Waals surface area contributed by atoms with Gasteiger partial charge in [0.05, 0.1) is 12.1 Å². The van der Waals surface area contributed by atoms with E-state index in [2.05, 4.69) is 10.3 Å². The van der Waals surface area contributed by atoms with E-state index >= 15 is 0 Å². The lowest BCUT2D eigenvalue weighted by atomic mass is 10.2. The standard InChI is InChI=1S/C14H15N3O2S/c18-20(19)8-5-13(10-20)16-9-12-1-3-14(4-2-12)17-7-6-15-11-17/h1-8,11,13,16H,9-10H2. The molecule has 0 amide bonds. The SMILES string of the molecule is O=S1(=O)C=CC(NCc2ccc(-n3ccnc3)cc2)C1. The van der Waals surface area contributed by atoms with Crippen LogP contribution in [-0.4, -0.2) is 29.8 Å². The van der Waals surface area contributed by atoms with E-state index in [1.54, 1.807) is 18.6 Å². The van der Waals surface area contributed by atoms with Gasteiger partial charge in [-0.25, -0.2) is 13.4 Å². The second-order valence-corrected chi connectivity index (χ2v) is 6.71. The molecule has 2 aromatic rings. The van der Waals surface area contributed by atoms with Crippen molar-refractivity contribution in [3.8, 4) is 5.69 Å². The fourth-order valence-corrected chi connectivity index (χ4v) is 3.42. The maximum atomic E-state index is 11.3. The average Bonchev–Trinajstić information content (AvgIpc) is 3.06. The summed E-state index contributed by atoms with van der Waals surface area (Å²) < 4.78 is 24.5. The number of imidazole rings is 1. The minimum Gasteiger partial charge on any atom is -0.306 e. The van der Waals surface area contributed by atoms with E-state index in [1.165, 1.54) is 5.41 Å². The van der Waals surface area contributed by atoms with Gasteiger partial charge in [0.15, 0.2) is 9.84 Å². The molecule has 3 rings (SSSR count). The van der Waals surface area contributed by atoms with Gasteiger partial charge in [-0.15, -0.1) is 0 Å². The molecule has 0 saturated heterocycles. The van der Waals surface area contributed by atoms with Crippen LogP contribution >= 0.6 is 0 Å². The van der Waals surface area contributed by atoms with Crippen molar-refractivity contribution in [3.63, 3.8) is 0 Å². The summed E-state index contributed by atoms with van der Waals surface area (Å²) >= 11 is 0. The van der Waals surface area contributed by atoms with Gasteiger partial charge in [0.2, 0.25) is 0 Å². The monoisotopic (exact) mass is 289 g/mol. The minimum absolute atomic E-state index is 0.0895. The van der Waals surface area contributed by atoms with Crippen LogP contribution in [0.15, 0.2) is 54.5 Å². The highest BCUT2D eigenvalue weighted by Crippen LogP contribution is 2.11. The smallest absolute Gasteiger partial charge is 0.173 e. The Kier molecular flexibility index (Phi) is 3.42. The third-order valence-corrected chi connectivity index (χ3v) is 4.63. The van der Waals surface area contributed by atoms with Crippen LogP contribution in [0.1, 0.15) is 5.56 Å². The fraction of sp³-hybridized carbons (Fsp3) is 0.214. The Bertz CT molecular complexity index is 703. The van der Waals surface area contributed by atoms with Crippen LogP contribution in [0.5, 0.6) is 0 Å². The molecule has 1 N–H and O–H groups in total. The topological polar surface area (TPSA) is 64.0 Å². The molecule has 0 bridgehead atoms. The minimum atomic E-state index is -2.99. The summed E-state index contributed by atoms with van der Waals surface area (Å²) in [5, 5.41) is 4.51. The Hall–Kier alpha value is -1.92. The first kappa shape index (κ1) is 13.1. The number of nitrogens with zero attached hydrogens (tertiary/aromatic N) is 2. The molecule has 0 saturated carbocycles. The lowest BCUT2D eigenvalue weighted by molar-refractivity contribution is 0.590. The Morgan fingerprint density at radius 1 is 1.30 bits per heavy atom. The molecule has 1 aliphatic heterocycles. The van der Waals surface area contributed by atoms with Crippen LogP contribution in [0.4, 0.5) is 0 Å². The van der Waals surface area contributed by atoms with E-state index in [-0.39, 0.29) is 11.8 Å². The van der Waals surface area contributed by atoms with Crippen molar-refractivity contribution in [1.82, 2.24) is 14.9 Å². The molecule has 1 unspecified atom stereocenters. The highest BCUT2D eigenvalue weighted by molar-refractivity contribution is 7.94. The van der Waals surface area contributed by atoms with Crippen LogP contribution in [0.25, 0.3) is 5.69 Å². The van der Waals surface area contributed by atoms with Crippen molar-refractivity contribution < 1.29 is 8.42 Å². The number of sulfone groups is 1. The summed E-state index contributed by atoms with van der Waals surface area (Å²) in [6, 6.07) is 7.98. The molecule has 20 heavy (non-hydrogen) atoms. The van der Waals surface area contributed by atoms with Gasteiger partial charge in [0.25, 0.3) is 0 Å². The zero-order valence-corrected chi connectivity index (χ0v) is 11.6. The zero-order chi connectivity index (χ0) is 14.0. The first-order valence-electron chi connectivity index (χ1n) is 6.34. The number of rotatable bonds is 4. The van der Waals surface area contributed by atoms with Crippen LogP contribution in [-0.2, 0) is 16.4 Å². The molecule has 1 atom stereocenters. The van der Waals surface area contributed by atoms with Crippen LogP contribution in [0, 0.1) is 0 Å². The summed E-state index contributed by atoms with van der Waals surface area (Å²) in [4.78, 5) is 4.01. The molecule has 1 aromatic carbocycles. The first-order valence-corrected chi connectivity index (χ1v) is 8.05. The highest BCUT2D eigenvalue weighted by atomic mass is 32.2. The van der Waals surface area contributed by atoms with Gasteiger partial charge in [0, 0.05) is 36.1 Å². The van der Waals surface area contributed by atoms with Gasteiger partial charge in [-0.05, 0) is 17.7 Å². The van der Waals surface area contributed by atoms with E-state index in [4.69, 9.17) is 0 Å². The molecular weight excluding hydrogens is 274 g/mol. The molecule has 104 valence electrons. The Balaban J connectivity index is 1.61. The fourth-order valence-electron chi connectivity index (χ4n) is 2.15. The maximum absolute atomic E-state index is 11.3. The van der Waals surface area contributed by atoms with E-state index < -0.39 is 9.84 Å². The molecule has 1 aromatic heterocycles. The molecule has 0 fully saturated rings. The second kappa shape index (κ2) is 5.22. The van der Waals surface area contributed by atoms with Crippen molar-refractivity contribution in [2.45, 2.75) is 12.6 Å². The molecule has 0 spiro atoms. The Labute approximate surface area is 117 Å². The van der Waals surface area contributed by atoms with Crippen LogP contribution in [0.2, 0.25) is 0 Å². The predicted octanol–water partition coefficient (Wildman–Crippen LogP) is 1.27. The molecule has 2 heterocycles. The number of aromatic nitrogens is 2. The quantitative estimate of drug-likeness (QED) is 0.920. The van der Waals surface area contributed by atoms with E-state index in [0.29, 0.717) is 6.54 Å². The number of hydrogen-bond acceptors (Lipinski definition) is 4. The normalized spacial score (nSPS) is 20.3. The van der Waals surface area contributed by atoms with Gasteiger partial charge in [0.1, 0.15) is 0 Å². The van der Waals surface area contributed by atoms with Gasteiger partial charge in [-0.1, -0.05) is 18.2 Å². The number of benzene rings is 1. The summed E-state index contributed by atoms with van der Waals surface area (Å²) in [5.74, 6) is 0.153. The summed E-state index contributed by atoms with van der Waals surface area (Å²) in [7, 11) is -2.99. The van der Waals surface area contributed by atoms with Gasteiger partial charge in [-0.3, -0.25) is 0 Å². The summed E-state index contributed by atoms with van der Waals surface area (Å²) in [5.41, 5.74) is 2.17. The van der Waals surface area contributed by atoms with Crippen molar-refractivity contribution in [2.75, 3.05) is 5.75 Å². The average molecular weight is 289 g/mol. The van der Waals surface area contributed by atoms with Crippen molar-refractivity contribution in [3.05, 3.63) is 60.0 Å². The lowest BCUT2D eigenvalue weighted by Crippen LogP contribution is -2.29. The second-order valence-electron chi connectivity index (χ2n) is 4.78. The summed E-state index contributed by atoms with van der Waals surface area (Å²) in [6.07, 6.45) is 7.08. The molecule has 1 aliphatic rings. The van der Waals surface area contributed by atoms with Gasteiger partial charge in [-0.2, -0.15) is 0 Å². The Morgan fingerprint density at radius 3 is 2.70 bits per heavy atom. The maximum Gasteiger partial charge on any atom is 0.173 e. The molecule has 5 nitrogen and oxygen atoms in total. The van der Waals surface area contributed by atoms with E-state index in [9.17, 15) is 8.42 Å². The molecule has 0 radical (unpaired) electrons. The first-order chi connectivity index (χ1) is 9.62. The predicted molar refractivity (Wildman–Crippen MR) is 77.1 cm³/mol. The van der Waals surface area contributed by atoms with Crippen molar-refractivity contribution in [2.24, 2.45) is 0 Å².